The molecule has 1 rings (SSSR count). The first kappa shape index (κ1) is 14.8. The van der Waals surface area contributed by atoms with Crippen LogP contribution in [0.25, 0.3) is 0 Å². The lowest BCUT2D eigenvalue weighted by Crippen LogP contribution is -2.16. The van der Waals surface area contributed by atoms with Gasteiger partial charge in [-0.2, -0.15) is 8.42 Å². The number of sulfone groups is 1. The Morgan fingerprint density at radius 3 is 2.39 bits per heavy atom. The van der Waals surface area contributed by atoms with Crippen LogP contribution in [-0.2, 0) is 24.4 Å². The number of nitrogen functional groups attached to an aromatic ring is 1. The highest BCUT2D eigenvalue weighted by molar-refractivity contribution is 7.91. The van der Waals surface area contributed by atoms with Gasteiger partial charge in [-0.25, -0.2) is 17.0 Å². The predicted molar refractivity (Wildman–Crippen MR) is 60.4 cm³/mol. The maximum Gasteiger partial charge on any atom is 0.397 e. The third-order valence-electron chi connectivity index (χ3n) is 1.88. The Morgan fingerprint density at radius 1 is 1.28 bits per heavy atom. The van der Waals surface area contributed by atoms with Crippen LogP contribution in [0.2, 0.25) is 0 Å². The number of rotatable bonds is 5. The zero-order valence-corrected chi connectivity index (χ0v) is 10.5. The summed E-state index contributed by atoms with van der Waals surface area (Å²) in [7, 11) is -8.79. The molecule has 0 atom stereocenters. The first-order valence-electron chi connectivity index (χ1n) is 4.51. The minimum atomic E-state index is -4.72. The molecule has 0 aliphatic rings. The van der Waals surface area contributed by atoms with E-state index in [1.54, 1.807) is 0 Å². The van der Waals surface area contributed by atoms with Crippen molar-refractivity contribution in [1.29, 1.82) is 0 Å². The van der Waals surface area contributed by atoms with Crippen molar-refractivity contribution in [2.75, 3.05) is 18.1 Å². The molecule has 102 valence electrons. The fourth-order valence-electron chi connectivity index (χ4n) is 1.13. The molecule has 3 N–H and O–H groups in total. The summed E-state index contributed by atoms with van der Waals surface area (Å²) >= 11 is 0. The van der Waals surface area contributed by atoms with Crippen molar-refractivity contribution in [3.05, 3.63) is 24.0 Å². The second-order valence-electron chi connectivity index (χ2n) is 3.26. The summed E-state index contributed by atoms with van der Waals surface area (Å²) in [4.78, 5) is -0.615. The van der Waals surface area contributed by atoms with E-state index in [-0.39, 0.29) is 5.69 Å². The van der Waals surface area contributed by atoms with Crippen molar-refractivity contribution in [3.8, 4) is 0 Å². The molecule has 0 aliphatic carbocycles. The Bertz CT molecular complexity index is 640. The van der Waals surface area contributed by atoms with Gasteiger partial charge in [-0.05, 0) is 18.2 Å². The minimum Gasteiger partial charge on any atom is -0.399 e. The van der Waals surface area contributed by atoms with Gasteiger partial charge in [0.1, 0.15) is 10.7 Å². The van der Waals surface area contributed by atoms with Gasteiger partial charge in [-0.15, -0.1) is 0 Å². The molecule has 1 aromatic rings. The fraction of sp³-hybridized carbons (Fsp3) is 0.250. The maximum absolute atomic E-state index is 13.3. The molecule has 0 saturated heterocycles. The molecule has 0 saturated carbocycles. The number of halogens is 1. The van der Waals surface area contributed by atoms with Crippen molar-refractivity contribution < 1.29 is 30.0 Å². The molecule has 0 aliphatic heterocycles. The molecule has 0 radical (unpaired) electrons. The van der Waals surface area contributed by atoms with Gasteiger partial charge in [0.25, 0.3) is 0 Å². The van der Waals surface area contributed by atoms with Crippen molar-refractivity contribution in [2.45, 2.75) is 4.90 Å². The van der Waals surface area contributed by atoms with Gasteiger partial charge in [-0.1, -0.05) is 0 Å². The second kappa shape index (κ2) is 5.18. The van der Waals surface area contributed by atoms with E-state index in [1.165, 1.54) is 6.07 Å². The molecule has 0 amide bonds. The third kappa shape index (κ3) is 4.22. The zero-order valence-electron chi connectivity index (χ0n) is 8.91. The molecule has 7 nitrogen and oxygen atoms in total. The van der Waals surface area contributed by atoms with Crippen LogP contribution >= 0.6 is 0 Å². The molecule has 0 heterocycles. The number of hydrogen-bond acceptors (Lipinski definition) is 6. The van der Waals surface area contributed by atoms with E-state index in [1.807, 2.05) is 0 Å². The van der Waals surface area contributed by atoms with Crippen molar-refractivity contribution in [1.82, 2.24) is 0 Å². The largest absolute Gasteiger partial charge is 0.399 e. The summed E-state index contributed by atoms with van der Waals surface area (Å²) in [6.45, 7) is -0.815. The average molecular weight is 299 g/mol. The third-order valence-corrected chi connectivity index (χ3v) is 4.05. The number of anilines is 1. The van der Waals surface area contributed by atoms with Crippen LogP contribution in [0.3, 0.4) is 0 Å². The summed E-state index contributed by atoms with van der Waals surface area (Å²) in [5, 5.41) is 0. The first-order valence-corrected chi connectivity index (χ1v) is 7.53. The molecule has 1 aromatic carbocycles. The van der Waals surface area contributed by atoms with E-state index in [4.69, 9.17) is 10.3 Å². The molecular weight excluding hydrogens is 289 g/mol. The van der Waals surface area contributed by atoms with Crippen molar-refractivity contribution >= 4 is 25.9 Å². The lowest BCUT2D eigenvalue weighted by molar-refractivity contribution is 0.284. The van der Waals surface area contributed by atoms with Crippen LogP contribution in [0.4, 0.5) is 10.1 Å². The summed E-state index contributed by atoms with van der Waals surface area (Å²) < 4.78 is 69.1. The smallest absolute Gasteiger partial charge is 0.397 e. The standard InChI is InChI=1S/C8H10FNO6S2/c9-7-5-6(10)1-2-8(7)17(11,12)4-3-16-18(13,14)15/h1-2,5H,3-4,10H2,(H,13,14,15). The van der Waals surface area contributed by atoms with Gasteiger partial charge in [0.15, 0.2) is 9.84 Å². The predicted octanol–water partition coefficient (Wildman–Crippen LogP) is 0.00100. The number of hydrogen-bond donors (Lipinski definition) is 2. The monoisotopic (exact) mass is 299 g/mol. The van der Waals surface area contributed by atoms with Crippen molar-refractivity contribution in [3.63, 3.8) is 0 Å². The summed E-state index contributed by atoms with van der Waals surface area (Å²) in [6.07, 6.45) is 0. The van der Waals surface area contributed by atoms with Crippen molar-refractivity contribution in [2.24, 2.45) is 0 Å². The maximum atomic E-state index is 13.3. The van der Waals surface area contributed by atoms with Crippen LogP contribution in [0.5, 0.6) is 0 Å². The highest BCUT2D eigenvalue weighted by Gasteiger charge is 2.20. The van der Waals surface area contributed by atoms with E-state index < -0.39 is 43.3 Å². The summed E-state index contributed by atoms with van der Waals surface area (Å²) in [6, 6.07) is 2.99. The Kier molecular flexibility index (Phi) is 4.27. The van der Waals surface area contributed by atoms with Gasteiger partial charge >= 0.3 is 10.4 Å². The topological polar surface area (TPSA) is 124 Å². The molecule has 0 unspecified atom stereocenters. The highest BCUT2D eigenvalue weighted by Crippen LogP contribution is 2.18. The zero-order chi connectivity index (χ0) is 14.0. The first-order chi connectivity index (χ1) is 8.12. The van der Waals surface area contributed by atoms with Crippen LogP contribution < -0.4 is 5.73 Å². The fourth-order valence-corrected chi connectivity index (χ4v) is 2.68. The molecule has 0 spiro atoms. The normalized spacial score (nSPS) is 12.6. The Morgan fingerprint density at radius 2 is 1.89 bits per heavy atom. The number of nitrogens with two attached hydrogens (primary N) is 1. The van der Waals surface area contributed by atoms with Gasteiger partial charge in [0.05, 0.1) is 12.4 Å². The SMILES string of the molecule is Nc1ccc(S(=O)(=O)CCOS(=O)(=O)O)c(F)c1. The molecule has 0 bridgehead atoms. The molecule has 0 aromatic heterocycles. The molecule has 0 fully saturated rings. The average Bonchev–Trinajstić information content (AvgIpc) is 2.13. The van der Waals surface area contributed by atoms with Crippen LogP contribution in [0, 0.1) is 5.82 Å². The van der Waals surface area contributed by atoms with Gasteiger partial charge in [0.2, 0.25) is 0 Å². The van der Waals surface area contributed by atoms with Crippen LogP contribution in [0.15, 0.2) is 23.1 Å². The van der Waals surface area contributed by atoms with Gasteiger partial charge in [0, 0.05) is 5.69 Å². The Labute approximate surface area is 103 Å². The van der Waals surface area contributed by atoms with E-state index >= 15 is 0 Å². The lowest BCUT2D eigenvalue weighted by Gasteiger charge is -2.05. The van der Waals surface area contributed by atoms with Gasteiger partial charge < -0.3 is 5.73 Å². The van der Waals surface area contributed by atoms with Crippen LogP contribution in [-0.4, -0.2) is 33.7 Å². The molecular formula is C8H10FNO6S2. The van der Waals surface area contributed by atoms with Crippen LogP contribution in [0.1, 0.15) is 0 Å². The highest BCUT2D eigenvalue weighted by atomic mass is 32.3. The summed E-state index contributed by atoms with van der Waals surface area (Å²) in [5.74, 6) is -1.84. The summed E-state index contributed by atoms with van der Waals surface area (Å²) in [5.41, 5.74) is 5.31. The second-order valence-corrected chi connectivity index (χ2v) is 6.43. The van der Waals surface area contributed by atoms with E-state index in [9.17, 15) is 21.2 Å². The lowest BCUT2D eigenvalue weighted by atomic mass is 10.3. The van der Waals surface area contributed by atoms with E-state index in [2.05, 4.69) is 4.18 Å². The Hall–Kier alpha value is -1.23. The van der Waals surface area contributed by atoms with Gasteiger partial charge in [-0.3, -0.25) is 4.55 Å². The molecule has 10 heteroatoms. The molecule has 18 heavy (non-hydrogen) atoms. The number of benzene rings is 1. The quantitative estimate of drug-likeness (QED) is 0.579. The minimum absolute atomic E-state index is 0.0561. The Balaban J connectivity index is 2.87. The van der Waals surface area contributed by atoms with E-state index in [0.29, 0.717) is 0 Å². The van der Waals surface area contributed by atoms with E-state index in [0.717, 1.165) is 12.1 Å².